The number of nitrogens with one attached hydrogen (secondary N) is 1. The Labute approximate surface area is 200 Å². The standard InChI is InChI=1S/C13H19F3N2.C11H14F2NOP/c1-4-8-18(9-10(2)3)12-11(13(14,15)16)6-5-7-17-12;1-7(11(12,13)16)9-3-5-10(6-4-9)14-8(2)15/h5-7,10H,4,8-9H2,1-3H3;3-7H,16H2,1-2H3,(H,14,15). The molecule has 0 spiro atoms. The fourth-order valence-corrected chi connectivity index (χ4v) is 3.34. The van der Waals surface area contributed by atoms with Crippen LogP contribution in [0.5, 0.6) is 0 Å². The molecular weight excluding hydrogens is 472 g/mol. The minimum Gasteiger partial charge on any atom is -0.356 e. The van der Waals surface area contributed by atoms with E-state index in [2.05, 4.69) is 10.3 Å². The minimum absolute atomic E-state index is 0.0422. The molecule has 2 rings (SSSR count). The minimum atomic E-state index is -4.35. The molecule has 0 aliphatic heterocycles. The summed E-state index contributed by atoms with van der Waals surface area (Å²) in [6, 6.07) is 8.83. The van der Waals surface area contributed by atoms with Crippen molar-refractivity contribution in [3.8, 4) is 0 Å². The molecule has 1 N–H and O–H groups in total. The molecule has 0 fully saturated rings. The van der Waals surface area contributed by atoms with E-state index in [1.54, 1.807) is 29.2 Å². The maximum Gasteiger partial charge on any atom is 0.419 e. The number of alkyl halides is 5. The Bertz CT molecular complexity index is 899. The van der Waals surface area contributed by atoms with Crippen LogP contribution >= 0.6 is 9.24 Å². The molecular formula is C24H33F5N3OP. The van der Waals surface area contributed by atoms with Crippen molar-refractivity contribution >= 4 is 26.7 Å². The van der Waals surface area contributed by atoms with Crippen molar-refractivity contribution < 1.29 is 26.7 Å². The fourth-order valence-electron chi connectivity index (χ4n) is 3.15. The van der Waals surface area contributed by atoms with Gasteiger partial charge in [0.15, 0.2) is 0 Å². The lowest BCUT2D eigenvalue weighted by Gasteiger charge is -2.27. The van der Waals surface area contributed by atoms with E-state index in [9.17, 15) is 26.7 Å². The first kappa shape index (κ1) is 29.8. The number of rotatable bonds is 8. The summed E-state index contributed by atoms with van der Waals surface area (Å²) in [6.07, 6.45) is -2.15. The average Bonchev–Trinajstić information content (AvgIpc) is 2.72. The summed E-state index contributed by atoms with van der Waals surface area (Å²) >= 11 is 0. The molecule has 10 heteroatoms. The van der Waals surface area contributed by atoms with Gasteiger partial charge in [-0.05, 0) is 42.2 Å². The van der Waals surface area contributed by atoms with Crippen LogP contribution in [-0.4, -0.2) is 29.6 Å². The van der Waals surface area contributed by atoms with Crippen molar-refractivity contribution in [2.24, 2.45) is 5.92 Å². The molecule has 0 saturated heterocycles. The molecule has 0 radical (unpaired) electrons. The van der Waals surface area contributed by atoms with Crippen LogP contribution in [0.1, 0.15) is 58.1 Å². The number of pyridine rings is 1. The SMILES string of the molecule is CC(=O)Nc1ccc(C(C)C(F)(F)P)cc1.CCCN(CC(C)C)c1ncccc1C(F)(F)F. The molecule has 2 unspecified atom stereocenters. The van der Waals surface area contributed by atoms with Crippen molar-refractivity contribution in [3.63, 3.8) is 0 Å². The summed E-state index contributed by atoms with van der Waals surface area (Å²) < 4.78 is 64.8. The van der Waals surface area contributed by atoms with Crippen molar-refractivity contribution in [2.45, 2.75) is 58.8 Å². The molecule has 190 valence electrons. The van der Waals surface area contributed by atoms with Gasteiger partial charge in [-0.15, -0.1) is 0 Å². The number of aromatic nitrogens is 1. The number of hydrogen-bond donors (Lipinski definition) is 1. The molecule has 1 aromatic carbocycles. The first-order chi connectivity index (χ1) is 15.7. The van der Waals surface area contributed by atoms with Crippen molar-refractivity contribution in [1.29, 1.82) is 0 Å². The van der Waals surface area contributed by atoms with Crippen LogP contribution in [0, 0.1) is 5.92 Å². The maximum absolute atomic E-state index is 13.0. The number of anilines is 2. The fraction of sp³-hybridized carbons (Fsp3) is 0.500. The van der Waals surface area contributed by atoms with Crippen LogP contribution in [-0.2, 0) is 11.0 Å². The van der Waals surface area contributed by atoms with Crippen LogP contribution in [0.15, 0.2) is 42.6 Å². The van der Waals surface area contributed by atoms with Crippen LogP contribution < -0.4 is 10.2 Å². The van der Waals surface area contributed by atoms with Crippen LogP contribution in [0.25, 0.3) is 0 Å². The molecule has 0 bridgehead atoms. The van der Waals surface area contributed by atoms with Gasteiger partial charge in [0, 0.05) is 37.8 Å². The lowest BCUT2D eigenvalue weighted by Crippen LogP contribution is -2.31. The van der Waals surface area contributed by atoms with E-state index in [1.807, 2.05) is 20.8 Å². The molecule has 0 saturated carbocycles. The molecule has 1 aromatic heterocycles. The highest BCUT2D eigenvalue weighted by molar-refractivity contribution is 7.18. The summed E-state index contributed by atoms with van der Waals surface area (Å²) in [6.45, 7) is 9.93. The van der Waals surface area contributed by atoms with Gasteiger partial charge in [-0.25, -0.2) is 13.8 Å². The van der Waals surface area contributed by atoms with Crippen LogP contribution in [0.3, 0.4) is 0 Å². The zero-order valence-electron chi connectivity index (χ0n) is 20.1. The smallest absolute Gasteiger partial charge is 0.356 e. The van der Waals surface area contributed by atoms with E-state index in [-0.39, 0.29) is 11.7 Å². The Kier molecular flexibility index (Phi) is 11.4. The summed E-state index contributed by atoms with van der Waals surface area (Å²) in [5.74, 6) is -0.721. The predicted molar refractivity (Wildman–Crippen MR) is 130 cm³/mol. The van der Waals surface area contributed by atoms with E-state index >= 15 is 0 Å². The van der Waals surface area contributed by atoms with Crippen molar-refractivity contribution in [1.82, 2.24) is 4.98 Å². The molecule has 34 heavy (non-hydrogen) atoms. The summed E-state index contributed by atoms with van der Waals surface area (Å²) in [7, 11) is 1.54. The lowest BCUT2D eigenvalue weighted by atomic mass is 10.0. The average molecular weight is 506 g/mol. The van der Waals surface area contributed by atoms with Gasteiger partial charge in [0.2, 0.25) is 5.91 Å². The third-order valence-electron chi connectivity index (χ3n) is 4.78. The number of halogens is 5. The Morgan fingerprint density at radius 2 is 1.68 bits per heavy atom. The van der Waals surface area contributed by atoms with E-state index < -0.39 is 23.3 Å². The summed E-state index contributed by atoms with van der Waals surface area (Å²) in [5, 5.41) is 2.58. The first-order valence-electron chi connectivity index (χ1n) is 11.0. The second-order valence-corrected chi connectivity index (χ2v) is 9.18. The number of carbonyl (C=O) groups excluding carboxylic acids is 1. The number of benzene rings is 1. The molecule has 2 atom stereocenters. The third kappa shape index (κ3) is 9.92. The van der Waals surface area contributed by atoms with Gasteiger partial charge in [-0.2, -0.15) is 13.2 Å². The highest BCUT2D eigenvalue weighted by Crippen LogP contribution is 2.38. The Morgan fingerprint density at radius 1 is 1.09 bits per heavy atom. The summed E-state index contributed by atoms with van der Waals surface area (Å²) in [5.41, 5.74) is -2.33. The van der Waals surface area contributed by atoms with Gasteiger partial charge < -0.3 is 10.2 Å². The molecule has 0 aliphatic rings. The highest BCUT2D eigenvalue weighted by atomic mass is 31.0. The van der Waals surface area contributed by atoms with Crippen LogP contribution in [0.2, 0.25) is 0 Å². The second-order valence-electron chi connectivity index (χ2n) is 8.41. The largest absolute Gasteiger partial charge is 0.419 e. The molecule has 1 heterocycles. The Hall–Kier alpha value is -2.28. The highest BCUT2D eigenvalue weighted by Gasteiger charge is 2.35. The van der Waals surface area contributed by atoms with Gasteiger partial charge in [0.25, 0.3) is 5.66 Å². The Balaban J connectivity index is 0.000000342. The molecule has 2 aromatic rings. The maximum atomic E-state index is 13.0. The molecule has 0 aliphatic carbocycles. The van der Waals surface area contributed by atoms with Gasteiger partial charge in [0.05, 0.1) is 5.56 Å². The monoisotopic (exact) mass is 505 g/mol. The van der Waals surface area contributed by atoms with E-state index in [0.717, 1.165) is 12.5 Å². The van der Waals surface area contributed by atoms with Gasteiger partial charge >= 0.3 is 6.18 Å². The molecule has 1 amide bonds. The third-order valence-corrected chi connectivity index (χ3v) is 5.28. The topological polar surface area (TPSA) is 45.2 Å². The van der Waals surface area contributed by atoms with Gasteiger partial charge in [-0.1, -0.05) is 49.1 Å². The number of carbonyl (C=O) groups is 1. The zero-order valence-corrected chi connectivity index (χ0v) is 21.2. The number of amides is 1. The van der Waals surface area contributed by atoms with E-state index in [0.29, 0.717) is 30.3 Å². The second kappa shape index (κ2) is 13.0. The van der Waals surface area contributed by atoms with E-state index in [4.69, 9.17) is 0 Å². The van der Waals surface area contributed by atoms with Crippen LogP contribution in [0.4, 0.5) is 33.5 Å². The number of nitrogens with zero attached hydrogens (tertiary/aromatic N) is 2. The first-order valence-corrected chi connectivity index (χ1v) is 11.6. The quantitative estimate of drug-likeness (QED) is 0.305. The predicted octanol–water partition coefficient (Wildman–Crippen LogP) is 7.19. The van der Waals surface area contributed by atoms with Gasteiger partial charge in [0.1, 0.15) is 5.82 Å². The normalized spacial score (nSPS) is 12.6. The Morgan fingerprint density at radius 3 is 2.12 bits per heavy atom. The van der Waals surface area contributed by atoms with Gasteiger partial charge in [-0.3, -0.25) is 4.79 Å². The molecule has 4 nitrogen and oxygen atoms in total. The van der Waals surface area contributed by atoms with E-state index in [1.165, 1.54) is 35.4 Å². The number of hydrogen-bond acceptors (Lipinski definition) is 3. The van der Waals surface area contributed by atoms with Crippen molar-refractivity contribution in [2.75, 3.05) is 23.3 Å². The van der Waals surface area contributed by atoms with Crippen molar-refractivity contribution in [3.05, 3.63) is 53.7 Å². The summed E-state index contributed by atoms with van der Waals surface area (Å²) in [4.78, 5) is 16.4. The lowest BCUT2D eigenvalue weighted by molar-refractivity contribution is -0.137. The zero-order chi connectivity index (χ0) is 26.1.